The van der Waals surface area contributed by atoms with Gasteiger partial charge in [-0.25, -0.2) is 0 Å². The number of hydrogen-bond donors (Lipinski definition) is 0. The topological polar surface area (TPSA) is 12.4 Å². The van der Waals surface area contributed by atoms with Crippen molar-refractivity contribution >= 4 is 11.3 Å². The Kier molecular flexibility index (Phi) is 1.93. The molecule has 1 heteroatoms. The maximum atomic E-state index is 4.52. The van der Waals surface area contributed by atoms with Gasteiger partial charge in [-0.05, 0) is 42.7 Å². The van der Waals surface area contributed by atoms with Crippen LogP contribution in [0.1, 0.15) is 19.4 Å². The molecule has 78 valence electrons. The molecule has 16 heavy (non-hydrogen) atoms. The molecule has 0 saturated carbocycles. The first kappa shape index (κ1) is 9.34. The number of benzene rings is 1. The van der Waals surface area contributed by atoms with Gasteiger partial charge in [0.2, 0.25) is 0 Å². The van der Waals surface area contributed by atoms with Crippen molar-refractivity contribution in [2.75, 3.05) is 0 Å². The van der Waals surface area contributed by atoms with Crippen molar-refractivity contribution < 1.29 is 0 Å². The smallest absolute Gasteiger partial charge is 0.0715 e. The van der Waals surface area contributed by atoms with Crippen LogP contribution in [0, 0.1) is 0 Å². The van der Waals surface area contributed by atoms with E-state index in [2.05, 4.69) is 48.3 Å². The van der Waals surface area contributed by atoms with Crippen LogP contribution in [0.3, 0.4) is 0 Å². The van der Waals surface area contributed by atoms with Crippen molar-refractivity contribution in [3.05, 3.63) is 64.9 Å². The van der Waals surface area contributed by atoms with Gasteiger partial charge in [-0.15, -0.1) is 0 Å². The highest BCUT2D eigenvalue weighted by Gasteiger charge is 2.23. The fourth-order valence-electron chi connectivity index (χ4n) is 2.35. The first-order valence-electron chi connectivity index (χ1n) is 5.51. The summed E-state index contributed by atoms with van der Waals surface area (Å²) in [6.45, 7) is 4.20. The summed E-state index contributed by atoms with van der Waals surface area (Å²) in [6.07, 6.45) is 4.34. The number of rotatable bonds is 1. The highest BCUT2D eigenvalue weighted by atomic mass is 14.8. The Hall–Kier alpha value is -1.89. The zero-order valence-electron chi connectivity index (χ0n) is 9.49. The predicted octanol–water partition coefficient (Wildman–Crippen LogP) is 3.76. The molecule has 1 heterocycles. The van der Waals surface area contributed by atoms with E-state index in [-0.39, 0.29) is 0 Å². The van der Waals surface area contributed by atoms with Crippen LogP contribution in [-0.4, -0.2) is 5.71 Å². The van der Waals surface area contributed by atoms with Gasteiger partial charge in [0, 0.05) is 11.3 Å². The van der Waals surface area contributed by atoms with Crippen molar-refractivity contribution in [2.45, 2.75) is 13.8 Å². The summed E-state index contributed by atoms with van der Waals surface area (Å²) in [5.41, 5.74) is 7.42. The minimum Gasteiger partial charge on any atom is -0.253 e. The highest BCUT2D eigenvalue weighted by Crippen LogP contribution is 2.40. The van der Waals surface area contributed by atoms with E-state index in [1.54, 1.807) is 0 Å². The quantitative estimate of drug-likeness (QED) is 0.665. The average molecular weight is 207 g/mol. The molecular formula is C15H13N. The number of nitrogens with zero attached hydrogens (tertiary/aromatic N) is 1. The molecule has 2 aliphatic rings. The first-order chi connectivity index (χ1) is 7.75. The normalized spacial score (nSPS) is 18.2. The molecule has 0 spiro atoms. The van der Waals surface area contributed by atoms with E-state index >= 15 is 0 Å². The Balaban J connectivity index is 2.12. The lowest BCUT2D eigenvalue weighted by Crippen LogP contribution is -1.87. The van der Waals surface area contributed by atoms with Gasteiger partial charge < -0.3 is 0 Å². The Bertz CT molecular complexity index is 569. The molecule has 1 aromatic carbocycles. The highest BCUT2D eigenvalue weighted by molar-refractivity contribution is 6.06. The summed E-state index contributed by atoms with van der Waals surface area (Å²) in [7, 11) is 0. The fourth-order valence-corrected chi connectivity index (χ4v) is 2.35. The maximum Gasteiger partial charge on any atom is 0.0715 e. The zero-order chi connectivity index (χ0) is 11.1. The van der Waals surface area contributed by atoms with Gasteiger partial charge in [0.15, 0.2) is 0 Å². The lowest BCUT2D eigenvalue weighted by atomic mass is 9.97. The molecule has 3 rings (SSSR count). The predicted molar refractivity (Wildman–Crippen MR) is 68.3 cm³/mol. The van der Waals surface area contributed by atoms with Crippen LogP contribution >= 0.6 is 0 Å². The van der Waals surface area contributed by atoms with E-state index in [1.165, 1.54) is 22.3 Å². The number of hydrogen-bond acceptors (Lipinski definition) is 1. The number of aliphatic imine (C=N–C) groups is 1. The molecule has 0 radical (unpaired) electrons. The van der Waals surface area contributed by atoms with E-state index in [4.69, 9.17) is 0 Å². The van der Waals surface area contributed by atoms with E-state index in [9.17, 15) is 0 Å². The fraction of sp³-hybridized carbons (Fsp3) is 0.133. The van der Waals surface area contributed by atoms with Crippen LogP contribution in [0.5, 0.6) is 0 Å². The summed E-state index contributed by atoms with van der Waals surface area (Å²) in [4.78, 5) is 4.52. The van der Waals surface area contributed by atoms with Crippen LogP contribution in [0.15, 0.2) is 64.3 Å². The van der Waals surface area contributed by atoms with Crippen LogP contribution in [0.25, 0.3) is 5.57 Å². The van der Waals surface area contributed by atoms with E-state index in [0.717, 1.165) is 11.4 Å². The molecule has 0 amide bonds. The second-order valence-electron chi connectivity index (χ2n) is 4.26. The lowest BCUT2D eigenvalue weighted by molar-refractivity contribution is 1.41. The number of fused-ring (bicyclic) bond motifs is 1. The van der Waals surface area contributed by atoms with Gasteiger partial charge in [-0.2, -0.15) is 0 Å². The zero-order valence-corrected chi connectivity index (χ0v) is 9.49. The van der Waals surface area contributed by atoms with Gasteiger partial charge in [-0.3, -0.25) is 4.99 Å². The SMILES string of the molecule is CC1=NC2=CC(C)=C(c3ccccc3)C2=C1. The molecule has 0 unspecified atom stereocenters. The van der Waals surface area contributed by atoms with Gasteiger partial charge in [0.05, 0.1) is 5.70 Å². The Morgan fingerprint density at radius 3 is 2.44 bits per heavy atom. The number of allylic oxidation sites excluding steroid dienone is 4. The van der Waals surface area contributed by atoms with Gasteiger partial charge in [0.25, 0.3) is 0 Å². The molecular weight excluding hydrogens is 194 g/mol. The summed E-state index contributed by atoms with van der Waals surface area (Å²) in [6, 6.07) is 10.5. The van der Waals surface area contributed by atoms with Crippen LogP contribution in [0.4, 0.5) is 0 Å². The van der Waals surface area contributed by atoms with E-state index < -0.39 is 0 Å². The largest absolute Gasteiger partial charge is 0.253 e. The molecule has 1 aromatic rings. The molecule has 0 aromatic heterocycles. The maximum absolute atomic E-state index is 4.52. The monoisotopic (exact) mass is 207 g/mol. The minimum atomic E-state index is 1.10. The standard InChI is InChI=1S/C15H13N/c1-10-8-14-13(9-11(2)16-14)15(10)12-6-4-3-5-7-12/h3-9H,1-2H3. The second-order valence-corrected chi connectivity index (χ2v) is 4.26. The van der Waals surface area contributed by atoms with E-state index in [1.807, 2.05) is 13.0 Å². The van der Waals surface area contributed by atoms with Crippen molar-refractivity contribution in [3.8, 4) is 0 Å². The third-order valence-electron chi connectivity index (χ3n) is 3.01. The third kappa shape index (κ3) is 1.28. The van der Waals surface area contributed by atoms with E-state index in [0.29, 0.717) is 0 Å². The molecule has 1 nitrogen and oxygen atoms in total. The molecule has 0 bridgehead atoms. The molecule has 0 fully saturated rings. The molecule has 1 aliphatic carbocycles. The van der Waals surface area contributed by atoms with Crippen LogP contribution < -0.4 is 0 Å². The molecule has 0 saturated heterocycles. The van der Waals surface area contributed by atoms with Crippen LogP contribution in [0.2, 0.25) is 0 Å². The Morgan fingerprint density at radius 1 is 0.938 bits per heavy atom. The summed E-state index contributed by atoms with van der Waals surface area (Å²) >= 11 is 0. The van der Waals surface area contributed by atoms with Gasteiger partial charge >= 0.3 is 0 Å². The van der Waals surface area contributed by atoms with Crippen molar-refractivity contribution in [1.82, 2.24) is 0 Å². The second kappa shape index (κ2) is 3.31. The van der Waals surface area contributed by atoms with Crippen molar-refractivity contribution in [3.63, 3.8) is 0 Å². The molecule has 1 aliphatic heterocycles. The van der Waals surface area contributed by atoms with Crippen LogP contribution in [-0.2, 0) is 0 Å². The summed E-state index contributed by atoms with van der Waals surface area (Å²) in [5, 5.41) is 0. The molecule has 0 atom stereocenters. The minimum absolute atomic E-state index is 1.10. The van der Waals surface area contributed by atoms with Gasteiger partial charge in [0.1, 0.15) is 0 Å². The average Bonchev–Trinajstić information content (AvgIpc) is 2.74. The van der Waals surface area contributed by atoms with Gasteiger partial charge in [-0.1, -0.05) is 30.3 Å². The van der Waals surface area contributed by atoms with Crippen molar-refractivity contribution in [1.29, 1.82) is 0 Å². The molecule has 0 N–H and O–H groups in total. The Morgan fingerprint density at radius 2 is 1.69 bits per heavy atom. The summed E-state index contributed by atoms with van der Waals surface area (Å²) < 4.78 is 0. The summed E-state index contributed by atoms with van der Waals surface area (Å²) in [5.74, 6) is 0. The Labute approximate surface area is 95.5 Å². The van der Waals surface area contributed by atoms with Crippen molar-refractivity contribution in [2.24, 2.45) is 4.99 Å². The first-order valence-corrected chi connectivity index (χ1v) is 5.51. The lowest BCUT2D eigenvalue weighted by Gasteiger charge is -2.06. The third-order valence-corrected chi connectivity index (χ3v) is 3.01.